The van der Waals surface area contributed by atoms with Crippen LogP contribution in [0.5, 0.6) is 0 Å². The smallest absolute Gasteiger partial charge is 0.237 e. The first-order chi connectivity index (χ1) is 12.1. The van der Waals surface area contributed by atoms with E-state index in [-0.39, 0.29) is 11.9 Å². The maximum atomic E-state index is 12.3. The fraction of sp³-hybridized carbons (Fsp3) is 0.500. The average Bonchev–Trinajstić information content (AvgIpc) is 3.44. The van der Waals surface area contributed by atoms with Gasteiger partial charge in [-0.25, -0.2) is 0 Å². The summed E-state index contributed by atoms with van der Waals surface area (Å²) in [5, 5.41) is 3.11. The van der Waals surface area contributed by atoms with Gasteiger partial charge in [0.05, 0.1) is 17.2 Å². The molecule has 0 radical (unpaired) electrons. The maximum absolute atomic E-state index is 12.3. The summed E-state index contributed by atoms with van der Waals surface area (Å²) in [4.78, 5) is 25.8. The zero-order chi connectivity index (χ0) is 17.4. The van der Waals surface area contributed by atoms with Crippen LogP contribution in [0.1, 0.15) is 19.8 Å². The zero-order valence-electron chi connectivity index (χ0n) is 14.3. The Morgan fingerprint density at radius 3 is 2.76 bits per heavy atom. The van der Waals surface area contributed by atoms with Crippen molar-refractivity contribution < 1.29 is 4.79 Å². The molecule has 2 aromatic rings. The van der Waals surface area contributed by atoms with Gasteiger partial charge in [0.25, 0.3) is 0 Å². The topological polar surface area (TPSA) is 61.4 Å². The molecule has 0 spiro atoms. The molecule has 0 aromatic carbocycles. The van der Waals surface area contributed by atoms with Crippen LogP contribution in [0.3, 0.4) is 0 Å². The molecule has 4 rings (SSSR count). The summed E-state index contributed by atoms with van der Waals surface area (Å²) < 4.78 is 0.935. The Bertz CT molecular complexity index is 786. The van der Waals surface area contributed by atoms with E-state index in [1.165, 1.54) is 0 Å². The number of halogens is 1. The lowest BCUT2D eigenvalue weighted by atomic mass is 10.2. The lowest BCUT2D eigenvalue weighted by molar-refractivity contribution is -0.126. The molecule has 1 unspecified atom stereocenters. The standard InChI is InChI=1S/C18H22BrN5O/c1-12(18(25)22-14-2-3-14)23-6-8-24(9-7-23)16-4-5-20-15-10-13(19)11-21-17(15)16/h4-5,10-12,14H,2-3,6-9H2,1H3,(H,22,25). The van der Waals surface area contributed by atoms with Gasteiger partial charge in [0, 0.05) is 49.1 Å². The molecular formula is C18H22BrN5O. The molecule has 7 heteroatoms. The molecule has 1 atom stereocenters. The molecule has 1 amide bonds. The Kier molecular flexibility index (Phi) is 4.60. The van der Waals surface area contributed by atoms with Gasteiger partial charge >= 0.3 is 0 Å². The third-order valence-corrected chi connectivity index (χ3v) is 5.46. The number of anilines is 1. The number of aromatic nitrogens is 2. The molecule has 132 valence electrons. The van der Waals surface area contributed by atoms with Gasteiger partial charge in [0.2, 0.25) is 5.91 Å². The van der Waals surface area contributed by atoms with Crippen LogP contribution in [-0.4, -0.2) is 59.0 Å². The lowest BCUT2D eigenvalue weighted by Crippen LogP contribution is -2.54. The van der Waals surface area contributed by atoms with E-state index in [0.717, 1.165) is 60.2 Å². The summed E-state index contributed by atoms with van der Waals surface area (Å²) in [5.74, 6) is 0.164. The second-order valence-electron chi connectivity index (χ2n) is 6.83. The number of nitrogens with one attached hydrogen (secondary N) is 1. The number of carbonyl (C=O) groups is 1. The number of amides is 1. The summed E-state index contributed by atoms with van der Waals surface area (Å²) in [6, 6.07) is 4.38. The molecule has 2 aliphatic rings. The second-order valence-corrected chi connectivity index (χ2v) is 7.75. The Morgan fingerprint density at radius 1 is 1.28 bits per heavy atom. The molecule has 0 bridgehead atoms. The number of hydrogen-bond acceptors (Lipinski definition) is 5. The van der Waals surface area contributed by atoms with Crippen LogP contribution in [0.15, 0.2) is 29.0 Å². The van der Waals surface area contributed by atoms with E-state index < -0.39 is 0 Å². The van der Waals surface area contributed by atoms with Gasteiger partial charge in [0.1, 0.15) is 5.52 Å². The van der Waals surface area contributed by atoms with Crippen LogP contribution in [0.25, 0.3) is 11.0 Å². The molecule has 3 heterocycles. The van der Waals surface area contributed by atoms with Crippen molar-refractivity contribution in [1.82, 2.24) is 20.2 Å². The Labute approximate surface area is 155 Å². The summed E-state index contributed by atoms with van der Waals surface area (Å²) in [5.41, 5.74) is 2.94. The maximum Gasteiger partial charge on any atom is 0.237 e. The van der Waals surface area contributed by atoms with Crippen molar-refractivity contribution in [3.05, 3.63) is 29.0 Å². The molecule has 1 aliphatic carbocycles. The van der Waals surface area contributed by atoms with Crippen molar-refractivity contribution in [2.45, 2.75) is 31.8 Å². The number of carbonyl (C=O) groups excluding carboxylic acids is 1. The lowest BCUT2D eigenvalue weighted by Gasteiger charge is -2.38. The molecule has 25 heavy (non-hydrogen) atoms. The van der Waals surface area contributed by atoms with Gasteiger partial charge in [-0.15, -0.1) is 0 Å². The highest BCUT2D eigenvalue weighted by Gasteiger charge is 2.30. The number of nitrogens with zero attached hydrogens (tertiary/aromatic N) is 4. The van der Waals surface area contributed by atoms with Crippen molar-refractivity contribution in [2.75, 3.05) is 31.1 Å². The summed E-state index contributed by atoms with van der Waals surface area (Å²) in [6.07, 6.45) is 5.91. The van der Waals surface area contributed by atoms with Gasteiger partial charge in [-0.3, -0.25) is 19.7 Å². The summed E-state index contributed by atoms with van der Waals surface area (Å²) >= 11 is 3.45. The van der Waals surface area contributed by atoms with Crippen LogP contribution in [0.4, 0.5) is 5.69 Å². The molecule has 1 aliphatic heterocycles. The number of fused-ring (bicyclic) bond motifs is 1. The SMILES string of the molecule is CC(C(=O)NC1CC1)N1CCN(c2ccnc3cc(Br)cnc23)CC1. The van der Waals surface area contributed by atoms with Crippen LogP contribution in [0, 0.1) is 0 Å². The first-order valence-electron chi connectivity index (χ1n) is 8.81. The number of rotatable bonds is 4. The van der Waals surface area contributed by atoms with E-state index in [0.29, 0.717) is 6.04 Å². The third-order valence-electron chi connectivity index (χ3n) is 5.03. The minimum atomic E-state index is -0.0639. The molecule has 1 saturated heterocycles. The summed E-state index contributed by atoms with van der Waals surface area (Å²) in [6.45, 7) is 5.53. The Balaban J connectivity index is 1.44. The molecule has 1 N–H and O–H groups in total. The highest BCUT2D eigenvalue weighted by atomic mass is 79.9. The molecular weight excluding hydrogens is 382 g/mol. The number of hydrogen-bond donors (Lipinski definition) is 1. The van der Waals surface area contributed by atoms with E-state index in [2.05, 4.69) is 41.0 Å². The van der Waals surface area contributed by atoms with Crippen molar-refractivity contribution in [2.24, 2.45) is 0 Å². The van der Waals surface area contributed by atoms with Crippen LogP contribution >= 0.6 is 15.9 Å². The predicted molar refractivity (Wildman–Crippen MR) is 102 cm³/mol. The Hall–Kier alpha value is -1.73. The second kappa shape index (κ2) is 6.88. The predicted octanol–water partition coefficient (Wildman–Crippen LogP) is 2.18. The average molecular weight is 404 g/mol. The van der Waals surface area contributed by atoms with Crippen molar-refractivity contribution in [3.8, 4) is 0 Å². The van der Waals surface area contributed by atoms with Gasteiger partial charge in [0.15, 0.2) is 0 Å². The van der Waals surface area contributed by atoms with Crippen LogP contribution in [0.2, 0.25) is 0 Å². The van der Waals surface area contributed by atoms with E-state index in [1.54, 1.807) is 0 Å². The fourth-order valence-corrected chi connectivity index (χ4v) is 3.63. The van der Waals surface area contributed by atoms with Crippen molar-refractivity contribution in [1.29, 1.82) is 0 Å². The normalized spacial score (nSPS) is 19.8. The molecule has 6 nitrogen and oxygen atoms in total. The highest BCUT2D eigenvalue weighted by Crippen LogP contribution is 2.26. The quantitative estimate of drug-likeness (QED) is 0.847. The first kappa shape index (κ1) is 16.7. The van der Waals surface area contributed by atoms with Gasteiger partial charge in [-0.1, -0.05) is 0 Å². The van der Waals surface area contributed by atoms with E-state index in [9.17, 15) is 4.79 Å². The third kappa shape index (κ3) is 3.62. The number of piperazine rings is 1. The van der Waals surface area contributed by atoms with Crippen molar-refractivity contribution >= 4 is 38.6 Å². The van der Waals surface area contributed by atoms with E-state index in [1.807, 2.05) is 31.5 Å². The van der Waals surface area contributed by atoms with E-state index in [4.69, 9.17) is 0 Å². The highest BCUT2D eigenvalue weighted by molar-refractivity contribution is 9.10. The first-order valence-corrected chi connectivity index (χ1v) is 9.61. The van der Waals surface area contributed by atoms with Crippen LogP contribution in [-0.2, 0) is 4.79 Å². The molecule has 2 aromatic heterocycles. The van der Waals surface area contributed by atoms with E-state index >= 15 is 0 Å². The minimum absolute atomic E-state index is 0.0639. The van der Waals surface area contributed by atoms with Gasteiger partial charge in [-0.2, -0.15) is 0 Å². The summed E-state index contributed by atoms with van der Waals surface area (Å²) in [7, 11) is 0. The van der Waals surface area contributed by atoms with Crippen LogP contribution < -0.4 is 10.2 Å². The monoisotopic (exact) mass is 403 g/mol. The minimum Gasteiger partial charge on any atom is -0.367 e. The Morgan fingerprint density at radius 2 is 2.04 bits per heavy atom. The molecule has 2 fully saturated rings. The largest absolute Gasteiger partial charge is 0.367 e. The molecule has 1 saturated carbocycles. The van der Waals surface area contributed by atoms with Gasteiger partial charge < -0.3 is 10.2 Å². The van der Waals surface area contributed by atoms with Crippen molar-refractivity contribution in [3.63, 3.8) is 0 Å². The fourth-order valence-electron chi connectivity index (χ4n) is 3.31. The number of pyridine rings is 2. The zero-order valence-corrected chi connectivity index (χ0v) is 15.9. The van der Waals surface area contributed by atoms with Gasteiger partial charge in [-0.05, 0) is 47.8 Å².